The molecule has 0 spiro atoms. The molecule has 0 bridgehead atoms. The van der Waals surface area contributed by atoms with Gasteiger partial charge < -0.3 is 16.0 Å². The van der Waals surface area contributed by atoms with Crippen molar-refractivity contribution in [3.8, 4) is 0 Å². The SMILES string of the molecule is CC1CC(F)(F)CN(C(=O)c2nc(C(F)(F)F)ccc2N)[C@@H]1CNc1ccc(C(F)(F)F)cn1. The number of amides is 1. The Morgan fingerprint density at radius 1 is 1.15 bits per heavy atom. The molecule has 0 saturated carbocycles. The van der Waals surface area contributed by atoms with E-state index in [-0.39, 0.29) is 12.4 Å². The first-order valence-corrected chi connectivity index (χ1v) is 9.88. The molecule has 14 heteroatoms. The Bertz CT molecular complexity index is 1040. The minimum absolute atomic E-state index is 0.0124. The molecular formula is C20H19F8N5O. The summed E-state index contributed by atoms with van der Waals surface area (Å²) in [5.41, 5.74) is 1.97. The molecule has 2 atom stereocenters. The third-order valence-corrected chi connectivity index (χ3v) is 5.34. The van der Waals surface area contributed by atoms with E-state index in [4.69, 9.17) is 5.73 Å². The average molecular weight is 497 g/mol. The van der Waals surface area contributed by atoms with E-state index in [1.807, 2.05) is 0 Å². The van der Waals surface area contributed by atoms with Gasteiger partial charge in [0.2, 0.25) is 0 Å². The average Bonchev–Trinajstić information content (AvgIpc) is 2.70. The molecule has 2 aromatic heterocycles. The van der Waals surface area contributed by atoms with Crippen molar-refractivity contribution in [1.29, 1.82) is 0 Å². The molecule has 1 aliphatic rings. The number of piperidine rings is 1. The van der Waals surface area contributed by atoms with Crippen molar-refractivity contribution in [2.24, 2.45) is 5.92 Å². The number of nitrogens with one attached hydrogen (secondary N) is 1. The number of carbonyl (C=O) groups is 1. The van der Waals surface area contributed by atoms with Crippen LogP contribution in [0.25, 0.3) is 0 Å². The van der Waals surface area contributed by atoms with Crippen LogP contribution in [0.15, 0.2) is 30.5 Å². The lowest BCUT2D eigenvalue weighted by molar-refractivity contribution is -0.141. The summed E-state index contributed by atoms with van der Waals surface area (Å²) in [7, 11) is 0. The summed E-state index contributed by atoms with van der Waals surface area (Å²) in [5.74, 6) is -5.39. The van der Waals surface area contributed by atoms with Crippen molar-refractivity contribution in [1.82, 2.24) is 14.9 Å². The number of aromatic nitrogens is 2. The minimum atomic E-state index is -4.89. The number of rotatable bonds is 4. The van der Waals surface area contributed by atoms with E-state index in [1.54, 1.807) is 0 Å². The number of likely N-dealkylation sites (tertiary alicyclic amines) is 1. The van der Waals surface area contributed by atoms with Crippen molar-refractivity contribution in [2.75, 3.05) is 24.1 Å². The number of halogens is 8. The summed E-state index contributed by atoms with van der Waals surface area (Å²) < 4.78 is 106. The van der Waals surface area contributed by atoms with Gasteiger partial charge in [0.05, 0.1) is 23.8 Å². The molecule has 0 radical (unpaired) electrons. The Morgan fingerprint density at radius 3 is 2.38 bits per heavy atom. The fraction of sp³-hybridized carbons (Fsp3) is 0.450. The third kappa shape index (κ3) is 5.65. The van der Waals surface area contributed by atoms with Gasteiger partial charge in [-0.25, -0.2) is 18.7 Å². The fourth-order valence-corrected chi connectivity index (χ4v) is 3.69. The van der Waals surface area contributed by atoms with Gasteiger partial charge in [-0.15, -0.1) is 0 Å². The second-order valence-corrected chi connectivity index (χ2v) is 7.98. The van der Waals surface area contributed by atoms with Crippen molar-refractivity contribution >= 4 is 17.4 Å². The summed E-state index contributed by atoms with van der Waals surface area (Å²) >= 11 is 0. The van der Waals surface area contributed by atoms with Gasteiger partial charge in [-0.3, -0.25) is 4.79 Å². The van der Waals surface area contributed by atoms with E-state index in [2.05, 4.69) is 15.3 Å². The zero-order valence-electron chi connectivity index (χ0n) is 17.5. The van der Waals surface area contributed by atoms with Crippen LogP contribution in [-0.2, 0) is 12.4 Å². The molecular weight excluding hydrogens is 478 g/mol. The summed E-state index contributed by atoms with van der Waals surface area (Å²) in [6.45, 7) is 0.114. The zero-order valence-corrected chi connectivity index (χ0v) is 17.5. The van der Waals surface area contributed by atoms with Gasteiger partial charge in [-0.1, -0.05) is 6.92 Å². The van der Waals surface area contributed by atoms with Crippen molar-refractivity contribution in [3.63, 3.8) is 0 Å². The predicted octanol–water partition coefficient (Wildman–Crippen LogP) is 4.69. The van der Waals surface area contributed by atoms with E-state index in [1.165, 1.54) is 6.92 Å². The Kier molecular flexibility index (Phi) is 6.64. The molecule has 1 unspecified atom stereocenters. The van der Waals surface area contributed by atoms with E-state index in [0.29, 0.717) is 17.2 Å². The van der Waals surface area contributed by atoms with Gasteiger partial charge in [-0.2, -0.15) is 26.3 Å². The highest BCUT2D eigenvalue weighted by atomic mass is 19.4. The lowest BCUT2D eigenvalue weighted by atomic mass is 9.88. The summed E-state index contributed by atoms with van der Waals surface area (Å²) in [5, 5.41) is 2.69. The van der Waals surface area contributed by atoms with Gasteiger partial charge >= 0.3 is 12.4 Å². The minimum Gasteiger partial charge on any atom is -0.397 e. The summed E-state index contributed by atoms with van der Waals surface area (Å²) in [6.07, 6.45) is -9.53. The second-order valence-electron chi connectivity index (χ2n) is 7.98. The van der Waals surface area contributed by atoms with Crippen LogP contribution < -0.4 is 11.1 Å². The maximum Gasteiger partial charge on any atom is 0.433 e. The van der Waals surface area contributed by atoms with Gasteiger partial charge in [0.15, 0.2) is 5.69 Å². The Hall–Kier alpha value is -3.19. The maximum absolute atomic E-state index is 14.3. The molecule has 3 N–H and O–H groups in total. The smallest absolute Gasteiger partial charge is 0.397 e. The standard InChI is InChI=1S/C20H19F8N5O/c1-10-6-18(21,22)9-33(17(34)16-12(29)3-4-14(32-16)20(26,27)28)13(10)8-31-15-5-2-11(7-30-15)19(23,24)25/h2-5,7,10,13H,6,8-9,29H2,1H3,(H,30,31)/t10?,13-/m1/s1. The molecule has 1 aliphatic heterocycles. The number of anilines is 2. The van der Waals surface area contributed by atoms with Gasteiger partial charge in [0, 0.05) is 19.2 Å². The fourth-order valence-electron chi connectivity index (χ4n) is 3.69. The topological polar surface area (TPSA) is 84.1 Å². The molecule has 1 fully saturated rings. The molecule has 3 rings (SSSR count). The monoisotopic (exact) mass is 497 g/mol. The highest BCUT2D eigenvalue weighted by Gasteiger charge is 2.47. The first kappa shape index (κ1) is 25.4. The number of nitrogen functional groups attached to an aromatic ring is 1. The maximum atomic E-state index is 14.3. The Labute approximate surface area is 188 Å². The van der Waals surface area contributed by atoms with Gasteiger partial charge in [-0.05, 0) is 30.2 Å². The van der Waals surface area contributed by atoms with E-state index in [9.17, 15) is 39.9 Å². The predicted molar refractivity (Wildman–Crippen MR) is 105 cm³/mol. The Balaban J connectivity index is 1.87. The second kappa shape index (κ2) is 8.87. The van der Waals surface area contributed by atoms with E-state index in [0.717, 1.165) is 18.2 Å². The van der Waals surface area contributed by atoms with Crippen LogP contribution in [-0.4, -0.2) is 45.8 Å². The van der Waals surface area contributed by atoms with Crippen molar-refractivity contribution in [3.05, 3.63) is 47.4 Å². The number of alkyl halides is 8. The molecule has 6 nitrogen and oxygen atoms in total. The van der Waals surface area contributed by atoms with Crippen LogP contribution in [0, 0.1) is 5.92 Å². The summed E-state index contributed by atoms with van der Waals surface area (Å²) in [4.78, 5) is 20.6. The summed E-state index contributed by atoms with van der Waals surface area (Å²) in [6, 6.07) is 2.21. The van der Waals surface area contributed by atoms with Crippen LogP contribution in [0.2, 0.25) is 0 Å². The third-order valence-electron chi connectivity index (χ3n) is 5.34. The highest BCUT2D eigenvalue weighted by molar-refractivity contribution is 5.97. The van der Waals surface area contributed by atoms with Gasteiger partial charge in [0.1, 0.15) is 11.5 Å². The highest BCUT2D eigenvalue weighted by Crippen LogP contribution is 2.36. The molecule has 1 amide bonds. The zero-order chi connectivity index (χ0) is 25.5. The number of nitrogens with zero attached hydrogens (tertiary/aromatic N) is 3. The molecule has 0 aromatic carbocycles. The van der Waals surface area contributed by atoms with Crippen LogP contribution >= 0.6 is 0 Å². The number of nitrogens with two attached hydrogens (primary N) is 1. The normalized spacial score (nSPS) is 20.8. The van der Waals surface area contributed by atoms with Crippen LogP contribution in [0.3, 0.4) is 0 Å². The first-order chi connectivity index (χ1) is 15.6. The van der Waals surface area contributed by atoms with Crippen LogP contribution in [0.4, 0.5) is 46.6 Å². The van der Waals surface area contributed by atoms with Crippen LogP contribution in [0.5, 0.6) is 0 Å². The molecule has 3 heterocycles. The van der Waals surface area contributed by atoms with Crippen LogP contribution in [0.1, 0.15) is 35.1 Å². The molecule has 2 aromatic rings. The number of hydrogen-bond donors (Lipinski definition) is 2. The largest absolute Gasteiger partial charge is 0.433 e. The van der Waals surface area contributed by atoms with E-state index < -0.39 is 71.7 Å². The lowest BCUT2D eigenvalue weighted by Crippen LogP contribution is -2.57. The lowest BCUT2D eigenvalue weighted by Gasteiger charge is -2.43. The first-order valence-electron chi connectivity index (χ1n) is 9.88. The van der Waals surface area contributed by atoms with E-state index >= 15 is 0 Å². The molecule has 1 saturated heterocycles. The number of pyridine rings is 2. The number of carbonyl (C=O) groups excluding carboxylic acids is 1. The number of hydrogen-bond acceptors (Lipinski definition) is 5. The quantitative estimate of drug-likeness (QED) is 0.599. The van der Waals surface area contributed by atoms with Crippen molar-refractivity contribution < 1.29 is 39.9 Å². The van der Waals surface area contributed by atoms with Gasteiger partial charge in [0.25, 0.3) is 11.8 Å². The molecule has 34 heavy (non-hydrogen) atoms. The molecule has 186 valence electrons. The Morgan fingerprint density at radius 2 is 1.82 bits per heavy atom. The van der Waals surface area contributed by atoms with Crippen molar-refractivity contribution in [2.45, 2.75) is 37.7 Å². The molecule has 0 aliphatic carbocycles.